The SMILES string of the molecule is COCC(C)(C)C(=O)N(C)Cc1ccc(Cl)c(-c2nc(-c3ccccc3)nc(=O)[nH]2)c1. The zero-order valence-electron chi connectivity index (χ0n) is 18.0. The number of ether oxygens (including phenoxy) is 1. The minimum absolute atomic E-state index is 0.0346. The highest BCUT2D eigenvalue weighted by Gasteiger charge is 2.30. The van der Waals surface area contributed by atoms with Crippen LogP contribution in [0.25, 0.3) is 22.8 Å². The van der Waals surface area contributed by atoms with Crippen LogP contribution in [0.3, 0.4) is 0 Å². The quantitative estimate of drug-likeness (QED) is 0.604. The lowest BCUT2D eigenvalue weighted by Gasteiger charge is -2.29. The number of carbonyl (C=O) groups is 1. The molecule has 2 aromatic carbocycles. The smallest absolute Gasteiger partial charge is 0.348 e. The van der Waals surface area contributed by atoms with Crippen LogP contribution in [-0.2, 0) is 16.1 Å². The molecule has 0 fully saturated rings. The minimum Gasteiger partial charge on any atom is -0.384 e. The van der Waals surface area contributed by atoms with E-state index in [-0.39, 0.29) is 5.91 Å². The van der Waals surface area contributed by atoms with Crippen molar-refractivity contribution in [1.82, 2.24) is 19.9 Å². The molecule has 0 saturated carbocycles. The molecule has 0 aliphatic heterocycles. The van der Waals surface area contributed by atoms with Gasteiger partial charge in [-0.3, -0.25) is 9.78 Å². The molecule has 0 unspecified atom stereocenters. The predicted molar refractivity (Wildman–Crippen MR) is 121 cm³/mol. The number of amides is 1. The number of hydrogen-bond acceptors (Lipinski definition) is 5. The van der Waals surface area contributed by atoms with Crippen LogP contribution in [0, 0.1) is 5.41 Å². The fourth-order valence-corrected chi connectivity index (χ4v) is 3.57. The first-order chi connectivity index (χ1) is 14.7. The fraction of sp³-hybridized carbons (Fsp3) is 0.304. The maximum Gasteiger partial charge on any atom is 0.348 e. The van der Waals surface area contributed by atoms with E-state index in [1.54, 1.807) is 25.1 Å². The molecule has 1 amide bonds. The molecular formula is C23H25ClN4O3. The average Bonchev–Trinajstić information content (AvgIpc) is 2.74. The summed E-state index contributed by atoms with van der Waals surface area (Å²) in [6, 6.07) is 14.6. The van der Waals surface area contributed by atoms with Crippen LogP contribution < -0.4 is 5.69 Å². The minimum atomic E-state index is -0.638. The van der Waals surface area contributed by atoms with E-state index in [1.807, 2.05) is 56.3 Å². The highest BCUT2D eigenvalue weighted by atomic mass is 35.5. The van der Waals surface area contributed by atoms with Crippen molar-refractivity contribution in [2.45, 2.75) is 20.4 Å². The average molecular weight is 441 g/mol. The maximum absolute atomic E-state index is 12.8. The van der Waals surface area contributed by atoms with Crippen molar-refractivity contribution < 1.29 is 9.53 Å². The van der Waals surface area contributed by atoms with E-state index in [2.05, 4.69) is 15.0 Å². The maximum atomic E-state index is 12.8. The summed E-state index contributed by atoms with van der Waals surface area (Å²) >= 11 is 6.41. The van der Waals surface area contributed by atoms with Crippen molar-refractivity contribution in [3.63, 3.8) is 0 Å². The van der Waals surface area contributed by atoms with E-state index in [1.165, 1.54) is 0 Å². The lowest BCUT2D eigenvalue weighted by molar-refractivity contribution is -0.142. The zero-order valence-corrected chi connectivity index (χ0v) is 18.7. The molecule has 1 heterocycles. The van der Waals surface area contributed by atoms with Crippen LogP contribution in [0.15, 0.2) is 53.3 Å². The number of nitrogens with one attached hydrogen (secondary N) is 1. The number of carbonyl (C=O) groups excluding carboxylic acids is 1. The van der Waals surface area contributed by atoms with Gasteiger partial charge in [0, 0.05) is 31.8 Å². The Bertz CT molecular complexity index is 1130. The van der Waals surface area contributed by atoms with Gasteiger partial charge in [-0.15, -0.1) is 0 Å². The second kappa shape index (κ2) is 9.41. The first-order valence-corrected chi connectivity index (χ1v) is 10.2. The summed E-state index contributed by atoms with van der Waals surface area (Å²) in [5, 5.41) is 0.436. The number of H-pyrrole nitrogens is 1. The summed E-state index contributed by atoms with van der Waals surface area (Å²) in [5.41, 5.74) is 0.991. The number of nitrogens with zero attached hydrogens (tertiary/aromatic N) is 3. The Balaban J connectivity index is 1.93. The van der Waals surface area contributed by atoms with Gasteiger partial charge >= 0.3 is 5.69 Å². The van der Waals surface area contributed by atoms with Crippen LogP contribution in [0.2, 0.25) is 5.02 Å². The third kappa shape index (κ3) is 5.37. The summed E-state index contributed by atoms with van der Waals surface area (Å²) in [6.07, 6.45) is 0. The summed E-state index contributed by atoms with van der Waals surface area (Å²) in [7, 11) is 3.32. The molecular weight excluding hydrogens is 416 g/mol. The number of benzene rings is 2. The number of halogens is 1. The zero-order chi connectivity index (χ0) is 22.6. The molecule has 0 atom stereocenters. The van der Waals surface area contributed by atoms with Crippen molar-refractivity contribution in [3.05, 3.63) is 69.6 Å². The van der Waals surface area contributed by atoms with Crippen molar-refractivity contribution in [2.75, 3.05) is 20.8 Å². The third-order valence-corrected chi connectivity index (χ3v) is 5.15. The van der Waals surface area contributed by atoms with Crippen molar-refractivity contribution in [3.8, 4) is 22.8 Å². The molecule has 3 rings (SSSR count). The number of rotatable bonds is 7. The molecule has 0 aliphatic carbocycles. The first-order valence-electron chi connectivity index (χ1n) is 9.78. The Morgan fingerprint density at radius 3 is 2.55 bits per heavy atom. The van der Waals surface area contributed by atoms with Gasteiger partial charge in [0.25, 0.3) is 0 Å². The molecule has 1 N–H and O–H groups in total. The fourth-order valence-electron chi connectivity index (χ4n) is 3.37. The van der Waals surface area contributed by atoms with Gasteiger partial charge in [0.15, 0.2) is 5.82 Å². The van der Waals surface area contributed by atoms with Gasteiger partial charge in [0.1, 0.15) is 5.82 Å². The van der Waals surface area contributed by atoms with Gasteiger partial charge in [-0.1, -0.05) is 48.0 Å². The van der Waals surface area contributed by atoms with E-state index in [4.69, 9.17) is 16.3 Å². The summed E-state index contributed by atoms with van der Waals surface area (Å²) in [5.74, 6) is 0.599. The Labute approximate surface area is 186 Å². The summed E-state index contributed by atoms with van der Waals surface area (Å²) in [6.45, 7) is 4.39. The number of methoxy groups -OCH3 is 1. The van der Waals surface area contributed by atoms with E-state index < -0.39 is 11.1 Å². The highest BCUT2D eigenvalue weighted by molar-refractivity contribution is 6.33. The largest absolute Gasteiger partial charge is 0.384 e. The van der Waals surface area contributed by atoms with Crippen LogP contribution in [0.1, 0.15) is 19.4 Å². The van der Waals surface area contributed by atoms with Gasteiger partial charge in [-0.05, 0) is 31.5 Å². The number of hydrogen-bond donors (Lipinski definition) is 1. The summed E-state index contributed by atoms with van der Waals surface area (Å²) < 4.78 is 5.17. The lowest BCUT2D eigenvalue weighted by atomic mass is 9.92. The molecule has 0 bridgehead atoms. The molecule has 7 nitrogen and oxygen atoms in total. The molecule has 1 aromatic heterocycles. The standard InChI is InChI=1S/C23H25ClN4O3/c1-23(2,14-31-4)21(29)28(3)13-15-10-11-18(24)17(12-15)20-25-19(26-22(30)27-20)16-8-6-5-7-9-16/h5-12H,13-14H2,1-4H3,(H,25,26,27,30). The van der Waals surface area contributed by atoms with Crippen molar-refractivity contribution in [1.29, 1.82) is 0 Å². The Hall–Kier alpha value is -3.03. The van der Waals surface area contributed by atoms with Gasteiger partial charge in [-0.25, -0.2) is 9.78 Å². The normalized spacial score (nSPS) is 11.4. The molecule has 0 aliphatic rings. The van der Waals surface area contributed by atoms with E-state index in [9.17, 15) is 9.59 Å². The topological polar surface area (TPSA) is 88.2 Å². The van der Waals surface area contributed by atoms with Crippen LogP contribution in [0.5, 0.6) is 0 Å². The van der Waals surface area contributed by atoms with Crippen LogP contribution >= 0.6 is 11.6 Å². The van der Waals surface area contributed by atoms with Gasteiger partial charge < -0.3 is 9.64 Å². The van der Waals surface area contributed by atoms with Gasteiger partial charge in [0.2, 0.25) is 5.91 Å². The Morgan fingerprint density at radius 1 is 1.16 bits per heavy atom. The molecule has 0 saturated heterocycles. The van der Waals surface area contributed by atoms with Crippen LogP contribution in [-0.4, -0.2) is 46.5 Å². The summed E-state index contributed by atoms with van der Waals surface area (Å²) in [4.78, 5) is 37.7. The lowest BCUT2D eigenvalue weighted by Crippen LogP contribution is -2.40. The first kappa shape index (κ1) is 22.7. The van der Waals surface area contributed by atoms with Crippen molar-refractivity contribution >= 4 is 17.5 Å². The molecule has 3 aromatic rings. The van der Waals surface area contributed by atoms with Gasteiger partial charge in [-0.2, -0.15) is 4.98 Å². The molecule has 0 radical (unpaired) electrons. The molecule has 31 heavy (non-hydrogen) atoms. The Morgan fingerprint density at radius 2 is 1.87 bits per heavy atom. The monoisotopic (exact) mass is 440 g/mol. The highest BCUT2D eigenvalue weighted by Crippen LogP contribution is 2.28. The van der Waals surface area contributed by atoms with Crippen LogP contribution in [0.4, 0.5) is 0 Å². The molecule has 0 spiro atoms. The van der Waals surface area contributed by atoms with Gasteiger partial charge in [0.05, 0.1) is 17.0 Å². The molecule has 8 heteroatoms. The second-order valence-corrected chi connectivity index (χ2v) is 8.39. The Kier molecular flexibility index (Phi) is 6.87. The van der Waals surface area contributed by atoms with E-state index in [0.29, 0.717) is 35.4 Å². The van der Waals surface area contributed by atoms with Crippen molar-refractivity contribution in [2.24, 2.45) is 5.41 Å². The number of aromatic nitrogens is 3. The predicted octanol–water partition coefficient (Wildman–Crippen LogP) is 3.78. The number of aromatic amines is 1. The molecule has 162 valence electrons. The van der Waals surface area contributed by atoms with E-state index >= 15 is 0 Å². The third-order valence-electron chi connectivity index (χ3n) is 4.82. The second-order valence-electron chi connectivity index (χ2n) is 7.98. The van der Waals surface area contributed by atoms with E-state index in [0.717, 1.165) is 11.1 Å².